The average molecular weight is 297 g/mol. The molecule has 0 aliphatic carbocycles. The Kier molecular flexibility index (Phi) is 12.9. The van der Waals surface area contributed by atoms with Crippen molar-refractivity contribution in [3.63, 3.8) is 0 Å². The van der Waals surface area contributed by atoms with Gasteiger partial charge in [0.15, 0.2) is 0 Å². The number of ether oxygens (including phenoxy) is 3. The molecule has 1 N–H and O–H groups in total. The van der Waals surface area contributed by atoms with Gasteiger partial charge in [0.2, 0.25) is 0 Å². The van der Waals surface area contributed by atoms with E-state index in [-0.39, 0.29) is 4.75 Å². The van der Waals surface area contributed by atoms with Gasteiger partial charge in [-0.15, -0.1) is 0 Å². The van der Waals surface area contributed by atoms with Crippen LogP contribution in [-0.4, -0.2) is 64.2 Å². The molecule has 0 bridgehead atoms. The van der Waals surface area contributed by atoms with Crippen molar-refractivity contribution in [3.8, 4) is 0 Å². The van der Waals surface area contributed by atoms with Crippen LogP contribution in [0.25, 0.3) is 0 Å². The van der Waals surface area contributed by atoms with Crippen LogP contribution in [0.15, 0.2) is 0 Å². The SMILES string of the molecule is COCCOCCOCCNCC(C)(C)SSC. The molecule has 0 unspecified atom stereocenters. The molecule has 0 fully saturated rings. The van der Waals surface area contributed by atoms with Crippen molar-refractivity contribution >= 4 is 21.6 Å². The predicted molar refractivity (Wildman–Crippen MR) is 81.6 cm³/mol. The van der Waals surface area contributed by atoms with E-state index in [1.54, 1.807) is 7.11 Å². The van der Waals surface area contributed by atoms with E-state index >= 15 is 0 Å². The van der Waals surface area contributed by atoms with Gasteiger partial charge in [-0.1, -0.05) is 21.6 Å². The van der Waals surface area contributed by atoms with Gasteiger partial charge in [-0.05, 0) is 20.1 Å². The Labute approximate surface area is 119 Å². The lowest BCUT2D eigenvalue weighted by atomic mass is 10.2. The van der Waals surface area contributed by atoms with Gasteiger partial charge in [0.1, 0.15) is 0 Å². The first-order valence-corrected chi connectivity index (χ1v) is 8.75. The molecule has 0 aromatic heterocycles. The van der Waals surface area contributed by atoms with Crippen molar-refractivity contribution < 1.29 is 14.2 Å². The molecule has 0 amide bonds. The molecule has 6 heteroatoms. The second-order valence-corrected chi connectivity index (χ2v) is 7.51. The van der Waals surface area contributed by atoms with Crippen LogP contribution in [0, 0.1) is 0 Å². The first-order valence-electron chi connectivity index (χ1n) is 6.19. The Morgan fingerprint density at radius 2 is 1.61 bits per heavy atom. The quantitative estimate of drug-likeness (QED) is 0.414. The van der Waals surface area contributed by atoms with Gasteiger partial charge >= 0.3 is 0 Å². The van der Waals surface area contributed by atoms with Gasteiger partial charge in [-0.25, -0.2) is 0 Å². The molecular weight excluding hydrogens is 270 g/mol. The second-order valence-electron chi connectivity index (χ2n) is 4.40. The summed E-state index contributed by atoms with van der Waals surface area (Å²) in [5, 5.41) is 3.40. The van der Waals surface area contributed by atoms with Gasteiger partial charge < -0.3 is 19.5 Å². The summed E-state index contributed by atoms with van der Waals surface area (Å²) in [6.45, 7) is 9.65. The van der Waals surface area contributed by atoms with E-state index in [1.807, 2.05) is 21.6 Å². The minimum Gasteiger partial charge on any atom is -0.382 e. The van der Waals surface area contributed by atoms with Crippen LogP contribution in [0.1, 0.15) is 13.8 Å². The Hall–Kier alpha value is 0.540. The Balaban J connectivity index is 3.16. The fourth-order valence-electron chi connectivity index (χ4n) is 1.25. The third-order valence-electron chi connectivity index (χ3n) is 2.09. The van der Waals surface area contributed by atoms with E-state index in [0.29, 0.717) is 26.4 Å². The highest BCUT2D eigenvalue weighted by Crippen LogP contribution is 2.32. The van der Waals surface area contributed by atoms with Crippen LogP contribution >= 0.6 is 21.6 Å². The molecule has 0 aromatic rings. The summed E-state index contributed by atoms with van der Waals surface area (Å²) >= 11 is 0. The van der Waals surface area contributed by atoms with Crippen molar-refractivity contribution in [2.75, 3.05) is 59.5 Å². The second kappa shape index (κ2) is 12.6. The molecule has 0 radical (unpaired) electrons. The molecule has 0 atom stereocenters. The molecule has 18 heavy (non-hydrogen) atoms. The fraction of sp³-hybridized carbons (Fsp3) is 1.00. The molecule has 0 saturated carbocycles. The molecule has 0 rings (SSSR count). The standard InChI is InChI=1S/C12H27NO3S2/c1-12(2,18-17-4)11-13-5-6-15-9-10-16-8-7-14-3/h13H,5-11H2,1-4H3. The van der Waals surface area contributed by atoms with Crippen molar-refractivity contribution in [2.45, 2.75) is 18.6 Å². The molecule has 0 aromatic carbocycles. The summed E-state index contributed by atoms with van der Waals surface area (Å²) in [6.07, 6.45) is 2.11. The summed E-state index contributed by atoms with van der Waals surface area (Å²) in [5.41, 5.74) is 0. The van der Waals surface area contributed by atoms with Gasteiger partial charge in [0.25, 0.3) is 0 Å². The summed E-state index contributed by atoms with van der Waals surface area (Å²) in [7, 11) is 5.37. The monoisotopic (exact) mass is 297 g/mol. The number of rotatable bonds is 13. The predicted octanol–water partition coefficient (Wildman–Crippen LogP) is 2.05. The zero-order valence-corrected chi connectivity index (χ0v) is 13.6. The van der Waals surface area contributed by atoms with Crippen LogP contribution < -0.4 is 5.32 Å². The number of hydrogen-bond acceptors (Lipinski definition) is 6. The smallest absolute Gasteiger partial charge is 0.0701 e. The minimum absolute atomic E-state index is 0.267. The van der Waals surface area contributed by atoms with E-state index in [2.05, 4.69) is 25.4 Å². The lowest BCUT2D eigenvalue weighted by molar-refractivity contribution is 0.0255. The summed E-state index contributed by atoms with van der Waals surface area (Å²) < 4.78 is 15.9. The first-order chi connectivity index (χ1) is 8.62. The number of methoxy groups -OCH3 is 1. The molecule has 110 valence electrons. The maximum Gasteiger partial charge on any atom is 0.0701 e. The Morgan fingerprint density at radius 3 is 2.22 bits per heavy atom. The zero-order chi connectivity index (χ0) is 13.7. The van der Waals surface area contributed by atoms with E-state index in [0.717, 1.165) is 19.7 Å². The van der Waals surface area contributed by atoms with Crippen LogP contribution in [-0.2, 0) is 14.2 Å². The molecule has 0 saturated heterocycles. The van der Waals surface area contributed by atoms with Gasteiger partial charge in [-0.2, -0.15) is 0 Å². The summed E-state index contributed by atoms with van der Waals surface area (Å²) in [4.78, 5) is 0. The van der Waals surface area contributed by atoms with Crippen molar-refractivity contribution in [3.05, 3.63) is 0 Å². The lowest BCUT2D eigenvalue weighted by Gasteiger charge is -2.22. The average Bonchev–Trinajstić information content (AvgIpc) is 2.31. The van der Waals surface area contributed by atoms with E-state index in [4.69, 9.17) is 14.2 Å². The fourth-order valence-corrected chi connectivity index (χ4v) is 3.40. The van der Waals surface area contributed by atoms with E-state index < -0.39 is 0 Å². The van der Waals surface area contributed by atoms with Crippen LogP contribution in [0.2, 0.25) is 0 Å². The molecular formula is C12H27NO3S2. The molecule has 0 aliphatic rings. The Bertz CT molecular complexity index is 183. The molecule has 0 heterocycles. The zero-order valence-electron chi connectivity index (χ0n) is 12.0. The van der Waals surface area contributed by atoms with Crippen molar-refractivity contribution in [1.29, 1.82) is 0 Å². The highest BCUT2D eigenvalue weighted by atomic mass is 33.1. The maximum atomic E-state index is 5.45. The van der Waals surface area contributed by atoms with E-state index in [1.165, 1.54) is 0 Å². The first kappa shape index (κ1) is 18.5. The highest BCUT2D eigenvalue weighted by Gasteiger charge is 2.16. The van der Waals surface area contributed by atoms with Crippen LogP contribution in [0.4, 0.5) is 0 Å². The summed E-state index contributed by atoms with van der Waals surface area (Å²) in [5.74, 6) is 0. The van der Waals surface area contributed by atoms with Crippen molar-refractivity contribution in [1.82, 2.24) is 5.32 Å². The molecule has 0 aliphatic heterocycles. The third kappa shape index (κ3) is 13.0. The van der Waals surface area contributed by atoms with Gasteiger partial charge in [-0.3, -0.25) is 0 Å². The largest absolute Gasteiger partial charge is 0.382 e. The van der Waals surface area contributed by atoms with Crippen molar-refractivity contribution in [2.24, 2.45) is 0 Å². The Morgan fingerprint density at radius 1 is 1.00 bits per heavy atom. The molecule has 0 spiro atoms. The maximum absolute atomic E-state index is 5.45. The van der Waals surface area contributed by atoms with E-state index in [9.17, 15) is 0 Å². The number of hydrogen-bond donors (Lipinski definition) is 1. The summed E-state index contributed by atoms with van der Waals surface area (Å²) in [6, 6.07) is 0. The van der Waals surface area contributed by atoms with Crippen LogP contribution in [0.3, 0.4) is 0 Å². The lowest BCUT2D eigenvalue weighted by Crippen LogP contribution is -2.33. The molecule has 4 nitrogen and oxygen atoms in total. The highest BCUT2D eigenvalue weighted by molar-refractivity contribution is 8.76. The third-order valence-corrected chi connectivity index (χ3v) is 4.70. The van der Waals surface area contributed by atoms with Gasteiger partial charge in [0.05, 0.1) is 33.0 Å². The van der Waals surface area contributed by atoms with Crippen LogP contribution in [0.5, 0.6) is 0 Å². The topological polar surface area (TPSA) is 39.7 Å². The normalized spacial score (nSPS) is 12.0. The minimum atomic E-state index is 0.267. The number of nitrogens with one attached hydrogen (secondary N) is 1. The van der Waals surface area contributed by atoms with Gasteiger partial charge in [0, 0.05) is 24.9 Å².